The van der Waals surface area contributed by atoms with E-state index in [9.17, 15) is 4.39 Å². The van der Waals surface area contributed by atoms with E-state index < -0.39 is 0 Å². The Morgan fingerprint density at radius 2 is 1.75 bits per heavy atom. The summed E-state index contributed by atoms with van der Waals surface area (Å²) >= 11 is 6.43. The summed E-state index contributed by atoms with van der Waals surface area (Å²) in [6, 6.07) is 9.94. The maximum Gasteiger partial charge on any atom is 0.180 e. The van der Waals surface area contributed by atoms with Gasteiger partial charge in [-0.3, -0.25) is 0 Å². The van der Waals surface area contributed by atoms with Crippen LogP contribution in [-0.2, 0) is 13.2 Å². The SMILES string of the molecule is CCOc1cc(CNCCCNCCO)cc(Cl)c1OCc1ccc(F)cc1. The molecule has 0 bridgehead atoms. The number of hydrogen-bond donors (Lipinski definition) is 3. The number of rotatable bonds is 13. The summed E-state index contributed by atoms with van der Waals surface area (Å²) in [5.74, 6) is 0.807. The quantitative estimate of drug-likeness (QED) is 0.441. The van der Waals surface area contributed by atoms with Gasteiger partial charge in [-0.25, -0.2) is 4.39 Å². The topological polar surface area (TPSA) is 62.8 Å². The molecule has 0 saturated heterocycles. The zero-order valence-electron chi connectivity index (χ0n) is 16.1. The van der Waals surface area contributed by atoms with Gasteiger partial charge < -0.3 is 25.2 Å². The molecular formula is C21H28ClFN2O3. The van der Waals surface area contributed by atoms with Crippen molar-refractivity contribution in [2.75, 3.05) is 32.8 Å². The molecule has 7 heteroatoms. The highest BCUT2D eigenvalue weighted by atomic mass is 35.5. The summed E-state index contributed by atoms with van der Waals surface area (Å²) in [5.41, 5.74) is 1.85. The van der Waals surface area contributed by atoms with Crippen LogP contribution in [0.4, 0.5) is 4.39 Å². The van der Waals surface area contributed by atoms with Gasteiger partial charge in [0.15, 0.2) is 11.5 Å². The second-order valence-corrected chi connectivity index (χ2v) is 6.66. The Labute approximate surface area is 170 Å². The van der Waals surface area contributed by atoms with E-state index in [0.29, 0.717) is 36.2 Å². The molecule has 0 aliphatic carbocycles. The van der Waals surface area contributed by atoms with Gasteiger partial charge in [0.05, 0.1) is 18.2 Å². The first-order valence-corrected chi connectivity index (χ1v) is 9.86. The summed E-state index contributed by atoms with van der Waals surface area (Å²) in [5, 5.41) is 15.7. The smallest absolute Gasteiger partial charge is 0.180 e. The summed E-state index contributed by atoms with van der Waals surface area (Å²) in [7, 11) is 0. The van der Waals surface area contributed by atoms with Gasteiger partial charge in [0.2, 0.25) is 0 Å². The largest absolute Gasteiger partial charge is 0.490 e. The van der Waals surface area contributed by atoms with Gasteiger partial charge in [-0.2, -0.15) is 0 Å². The average Bonchev–Trinajstić information content (AvgIpc) is 2.68. The predicted molar refractivity (Wildman–Crippen MR) is 110 cm³/mol. The fourth-order valence-corrected chi connectivity index (χ4v) is 2.93. The van der Waals surface area contributed by atoms with Gasteiger partial charge in [-0.15, -0.1) is 0 Å². The fraction of sp³-hybridized carbons (Fsp3) is 0.429. The van der Waals surface area contributed by atoms with Crippen molar-refractivity contribution >= 4 is 11.6 Å². The molecule has 0 heterocycles. The van der Waals surface area contributed by atoms with Crippen LogP contribution in [0.15, 0.2) is 36.4 Å². The molecule has 0 fully saturated rings. The Morgan fingerprint density at radius 1 is 1.00 bits per heavy atom. The lowest BCUT2D eigenvalue weighted by Crippen LogP contribution is -2.23. The van der Waals surface area contributed by atoms with Crippen molar-refractivity contribution in [1.29, 1.82) is 0 Å². The molecule has 0 spiro atoms. The third kappa shape index (κ3) is 7.64. The number of aliphatic hydroxyl groups is 1. The molecule has 5 nitrogen and oxygen atoms in total. The number of ether oxygens (including phenoxy) is 2. The Morgan fingerprint density at radius 3 is 2.46 bits per heavy atom. The Hall–Kier alpha value is -1.86. The Bertz CT molecular complexity index is 714. The fourth-order valence-electron chi connectivity index (χ4n) is 2.64. The predicted octanol–water partition coefficient (Wildman–Crippen LogP) is 3.52. The van der Waals surface area contributed by atoms with Crippen molar-refractivity contribution < 1.29 is 19.0 Å². The standard InChI is InChI=1S/C21H28ClFN2O3/c1-2-27-20-13-17(14-25-9-3-8-24-10-11-26)12-19(22)21(20)28-15-16-4-6-18(23)7-5-16/h4-7,12-13,24-26H,2-3,8-11,14-15H2,1H3. The molecular weight excluding hydrogens is 383 g/mol. The van der Waals surface area contributed by atoms with E-state index in [0.717, 1.165) is 30.6 Å². The van der Waals surface area contributed by atoms with Crippen LogP contribution in [0.5, 0.6) is 11.5 Å². The van der Waals surface area contributed by atoms with Crippen LogP contribution >= 0.6 is 11.6 Å². The van der Waals surface area contributed by atoms with Crippen LogP contribution in [0.1, 0.15) is 24.5 Å². The number of halogens is 2. The molecule has 0 aromatic heterocycles. The van der Waals surface area contributed by atoms with E-state index >= 15 is 0 Å². The lowest BCUT2D eigenvalue weighted by atomic mass is 10.2. The van der Waals surface area contributed by atoms with E-state index in [1.165, 1.54) is 12.1 Å². The van der Waals surface area contributed by atoms with Crippen LogP contribution < -0.4 is 20.1 Å². The summed E-state index contributed by atoms with van der Waals surface area (Å²) in [6.45, 7) is 5.82. The van der Waals surface area contributed by atoms with Gasteiger partial charge in [0.1, 0.15) is 12.4 Å². The molecule has 0 aliphatic heterocycles. The Kier molecular flexibility index (Phi) is 10.1. The summed E-state index contributed by atoms with van der Waals surface area (Å²) in [4.78, 5) is 0. The molecule has 2 aromatic carbocycles. The van der Waals surface area contributed by atoms with Crippen LogP contribution in [0, 0.1) is 5.82 Å². The van der Waals surface area contributed by atoms with Gasteiger partial charge in [0.25, 0.3) is 0 Å². The van der Waals surface area contributed by atoms with Crippen molar-refractivity contribution in [3.63, 3.8) is 0 Å². The van der Waals surface area contributed by atoms with Crippen LogP contribution in [0.3, 0.4) is 0 Å². The summed E-state index contributed by atoms with van der Waals surface area (Å²) < 4.78 is 24.6. The monoisotopic (exact) mass is 410 g/mol. The van der Waals surface area contributed by atoms with Crippen molar-refractivity contribution in [2.45, 2.75) is 26.5 Å². The number of nitrogens with one attached hydrogen (secondary N) is 2. The van der Waals surface area contributed by atoms with E-state index in [-0.39, 0.29) is 19.0 Å². The first kappa shape index (κ1) is 22.4. The minimum atomic E-state index is -0.280. The van der Waals surface area contributed by atoms with Gasteiger partial charge in [0, 0.05) is 13.1 Å². The first-order chi connectivity index (χ1) is 13.6. The van der Waals surface area contributed by atoms with E-state index in [1.807, 2.05) is 19.1 Å². The van der Waals surface area contributed by atoms with E-state index in [1.54, 1.807) is 12.1 Å². The molecule has 154 valence electrons. The third-order valence-corrected chi connectivity index (χ3v) is 4.27. The molecule has 0 radical (unpaired) electrons. The summed E-state index contributed by atoms with van der Waals surface area (Å²) in [6.07, 6.45) is 0.963. The van der Waals surface area contributed by atoms with Gasteiger partial charge in [-0.05, 0) is 61.8 Å². The maximum atomic E-state index is 13.0. The normalized spacial score (nSPS) is 10.9. The zero-order chi connectivity index (χ0) is 20.2. The van der Waals surface area contributed by atoms with Gasteiger partial charge in [-0.1, -0.05) is 23.7 Å². The third-order valence-electron chi connectivity index (χ3n) is 3.99. The molecule has 3 N–H and O–H groups in total. The molecule has 0 saturated carbocycles. The zero-order valence-corrected chi connectivity index (χ0v) is 16.9. The first-order valence-electron chi connectivity index (χ1n) is 9.48. The van der Waals surface area contributed by atoms with E-state index in [4.69, 9.17) is 26.2 Å². The van der Waals surface area contributed by atoms with Crippen LogP contribution in [0.2, 0.25) is 5.02 Å². The van der Waals surface area contributed by atoms with Crippen molar-refractivity contribution in [1.82, 2.24) is 10.6 Å². The molecule has 0 atom stereocenters. The van der Waals surface area contributed by atoms with Crippen LogP contribution in [0.25, 0.3) is 0 Å². The molecule has 2 rings (SSSR count). The maximum absolute atomic E-state index is 13.0. The van der Waals surface area contributed by atoms with Crippen molar-refractivity contribution in [3.05, 3.63) is 58.4 Å². The second-order valence-electron chi connectivity index (χ2n) is 6.26. The average molecular weight is 411 g/mol. The highest BCUT2D eigenvalue weighted by Gasteiger charge is 2.13. The molecule has 0 unspecified atom stereocenters. The number of aliphatic hydroxyl groups excluding tert-OH is 1. The molecule has 2 aromatic rings. The Balaban J connectivity index is 1.93. The number of hydrogen-bond acceptors (Lipinski definition) is 5. The van der Waals surface area contributed by atoms with E-state index in [2.05, 4.69) is 10.6 Å². The van der Waals surface area contributed by atoms with Crippen molar-refractivity contribution in [3.8, 4) is 11.5 Å². The second kappa shape index (κ2) is 12.6. The van der Waals surface area contributed by atoms with Gasteiger partial charge >= 0.3 is 0 Å². The number of benzene rings is 2. The minimum Gasteiger partial charge on any atom is -0.490 e. The minimum absolute atomic E-state index is 0.154. The molecule has 0 aliphatic rings. The lowest BCUT2D eigenvalue weighted by molar-refractivity contribution is 0.269. The molecule has 0 amide bonds. The van der Waals surface area contributed by atoms with Crippen molar-refractivity contribution in [2.24, 2.45) is 0 Å². The highest BCUT2D eigenvalue weighted by molar-refractivity contribution is 6.32. The highest BCUT2D eigenvalue weighted by Crippen LogP contribution is 2.37. The lowest BCUT2D eigenvalue weighted by Gasteiger charge is -2.16. The van der Waals surface area contributed by atoms with Crippen LogP contribution in [-0.4, -0.2) is 38.0 Å². The molecule has 28 heavy (non-hydrogen) atoms.